The van der Waals surface area contributed by atoms with E-state index in [1.807, 2.05) is 0 Å². The maximum atomic E-state index is 11.0. The lowest BCUT2D eigenvalue weighted by Gasteiger charge is -2.15. The minimum atomic E-state index is -0.356. The maximum absolute atomic E-state index is 11.0. The lowest BCUT2D eigenvalue weighted by molar-refractivity contribution is -0.144. The summed E-state index contributed by atoms with van der Waals surface area (Å²) in [7, 11) is 3.51. The molecule has 0 saturated carbocycles. The summed E-state index contributed by atoms with van der Waals surface area (Å²) in [4.78, 5) is 12.7. The predicted octanol–water partition coefficient (Wildman–Crippen LogP) is 1.01. The molecule has 0 atom stereocenters. The fraction of sp³-hybridized carbons (Fsp3) is 0.625. The Labute approximate surface area is 67.6 Å². The highest BCUT2D eigenvalue weighted by atomic mass is 16.5. The molecular weight excluding hydrogens is 142 g/mol. The zero-order chi connectivity index (χ0) is 9.02. The van der Waals surface area contributed by atoms with E-state index in [0.717, 1.165) is 0 Å². The summed E-state index contributed by atoms with van der Waals surface area (Å²) in [6.45, 7) is 7.17. The summed E-state index contributed by atoms with van der Waals surface area (Å²) in [6, 6.07) is 0. The summed E-state index contributed by atoms with van der Waals surface area (Å²) >= 11 is 0. The quantitative estimate of drug-likeness (QED) is 0.452. The Morgan fingerprint density at radius 3 is 2.18 bits per heavy atom. The molecule has 11 heavy (non-hydrogen) atoms. The molecule has 3 heteroatoms. The number of hydrogen-bond acceptors (Lipinski definition) is 3. The second-order valence-corrected chi connectivity index (χ2v) is 2.80. The summed E-state index contributed by atoms with van der Waals surface area (Å²) in [5.74, 6) is -0.356. The van der Waals surface area contributed by atoms with Crippen LogP contribution in [0.2, 0.25) is 0 Å². The molecule has 0 aromatic carbocycles. The zero-order valence-corrected chi connectivity index (χ0v) is 7.55. The van der Waals surface area contributed by atoms with Crippen LogP contribution < -0.4 is 0 Å². The molecule has 0 spiro atoms. The van der Waals surface area contributed by atoms with Gasteiger partial charge in [0.25, 0.3) is 0 Å². The van der Waals surface area contributed by atoms with Crippen molar-refractivity contribution in [1.82, 2.24) is 4.90 Å². The van der Waals surface area contributed by atoms with Crippen molar-refractivity contribution >= 4 is 5.97 Å². The van der Waals surface area contributed by atoms with Crippen molar-refractivity contribution in [2.24, 2.45) is 0 Å². The summed E-state index contributed by atoms with van der Waals surface area (Å²) in [5.41, 5.74) is 0.374. The van der Waals surface area contributed by atoms with E-state index in [2.05, 4.69) is 6.58 Å². The van der Waals surface area contributed by atoms with Gasteiger partial charge in [0.2, 0.25) is 0 Å². The molecule has 0 unspecified atom stereocenters. The van der Waals surface area contributed by atoms with E-state index < -0.39 is 0 Å². The molecule has 0 aliphatic heterocycles. The Kier molecular flexibility index (Phi) is 3.65. The normalized spacial score (nSPS) is 9.55. The topological polar surface area (TPSA) is 29.5 Å². The highest BCUT2D eigenvalue weighted by Gasteiger charge is 2.11. The van der Waals surface area contributed by atoms with Crippen LogP contribution >= 0.6 is 0 Å². The van der Waals surface area contributed by atoms with Crippen LogP contribution in [-0.4, -0.2) is 31.1 Å². The van der Waals surface area contributed by atoms with Crippen LogP contribution in [0.1, 0.15) is 13.8 Å². The molecule has 0 amide bonds. The van der Waals surface area contributed by atoms with Gasteiger partial charge in [-0.15, -0.1) is 0 Å². The molecule has 0 aliphatic rings. The largest absolute Gasteiger partial charge is 0.458 e. The van der Waals surface area contributed by atoms with Gasteiger partial charge in [0, 0.05) is 14.1 Å². The molecule has 0 aromatic heterocycles. The minimum Gasteiger partial charge on any atom is -0.458 e. The molecule has 0 N–H and O–H groups in total. The first-order valence-corrected chi connectivity index (χ1v) is 3.52. The Hall–Kier alpha value is -0.990. The van der Waals surface area contributed by atoms with Gasteiger partial charge in [-0.25, -0.2) is 4.79 Å². The van der Waals surface area contributed by atoms with E-state index in [1.54, 1.807) is 32.8 Å². The Balaban J connectivity index is 3.94. The molecule has 3 nitrogen and oxygen atoms in total. The average Bonchev–Trinajstić information content (AvgIpc) is 1.84. The molecule has 0 fully saturated rings. The van der Waals surface area contributed by atoms with E-state index in [9.17, 15) is 4.79 Å². The smallest absolute Gasteiger partial charge is 0.354 e. The monoisotopic (exact) mass is 157 g/mol. The first kappa shape index (κ1) is 10.0. The van der Waals surface area contributed by atoms with Crippen LogP contribution in [0.5, 0.6) is 0 Å². The van der Waals surface area contributed by atoms with Crippen molar-refractivity contribution < 1.29 is 9.53 Å². The predicted molar refractivity (Wildman–Crippen MR) is 44.1 cm³/mol. The molecule has 0 rings (SSSR count). The van der Waals surface area contributed by atoms with Gasteiger partial charge in [0.1, 0.15) is 5.70 Å². The van der Waals surface area contributed by atoms with Crippen molar-refractivity contribution in [2.45, 2.75) is 20.0 Å². The molecule has 0 aromatic rings. The lowest BCUT2D eigenvalue weighted by atomic mass is 10.4. The van der Waals surface area contributed by atoms with E-state index >= 15 is 0 Å². The summed E-state index contributed by atoms with van der Waals surface area (Å²) in [6.07, 6.45) is -0.0841. The minimum absolute atomic E-state index is 0.0841. The van der Waals surface area contributed by atoms with E-state index in [4.69, 9.17) is 4.74 Å². The highest BCUT2D eigenvalue weighted by Crippen LogP contribution is 2.00. The fourth-order valence-electron chi connectivity index (χ4n) is 0.465. The average molecular weight is 157 g/mol. The Morgan fingerprint density at radius 1 is 1.45 bits per heavy atom. The number of nitrogens with zero attached hydrogens (tertiary/aromatic N) is 1. The number of carbonyl (C=O) groups excluding carboxylic acids is 1. The molecule has 64 valence electrons. The van der Waals surface area contributed by atoms with Gasteiger partial charge >= 0.3 is 5.97 Å². The number of rotatable bonds is 3. The first-order chi connectivity index (χ1) is 4.95. The van der Waals surface area contributed by atoms with Crippen LogP contribution in [0.3, 0.4) is 0 Å². The first-order valence-electron chi connectivity index (χ1n) is 3.52. The third kappa shape index (κ3) is 3.65. The van der Waals surface area contributed by atoms with Crippen LogP contribution in [0.4, 0.5) is 0 Å². The van der Waals surface area contributed by atoms with Crippen molar-refractivity contribution in [3.8, 4) is 0 Å². The van der Waals surface area contributed by atoms with Crippen molar-refractivity contribution in [1.29, 1.82) is 0 Å². The van der Waals surface area contributed by atoms with E-state index in [1.165, 1.54) is 0 Å². The van der Waals surface area contributed by atoms with Gasteiger partial charge < -0.3 is 9.64 Å². The van der Waals surface area contributed by atoms with E-state index in [-0.39, 0.29) is 12.1 Å². The molecule has 0 aliphatic carbocycles. The van der Waals surface area contributed by atoms with Gasteiger partial charge in [-0.3, -0.25) is 0 Å². The third-order valence-corrected chi connectivity index (χ3v) is 1.12. The molecule has 0 saturated heterocycles. The molecule has 0 radical (unpaired) electrons. The SMILES string of the molecule is C=C(C(=O)OC(C)C)N(C)C. The number of carbonyl (C=O) groups is 1. The van der Waals surface area contributed by atoms with E-state index in [0.29, 0.717) is 5.70 Å². The van der Waals surface area contributed by atoms with Gasteiger partial charge in [-0.2, -0.15) is 0 Å². The van der Waals surface area contributed by atoms with Gasteiger partial charge in [0.05, 0.1) is 6.10 Å². The number of esters is 1. The second-order valence-electron chi connectivity index (χ2n) is 2.80. The van der Waals surface area contributed by atoms with Gasteiger partial charge in [-0.05, 0) is 13.8 Å². The second kappa shape index (κ2) is 4.01. The maximum Gasteiger partial charge on any atom is 0.354 e. The standard InChI is InChI=1S/C8H15NO2/c1-6(2)11-8(10)7(3)9(4)5/h6H,3H2,1-2,4-5H3. The van der Waals surface area contributed by atoms with Crippen molar-refractivity contribution in [2.75, 3.05) is 14.1 Å². The van der Waals surface area contributed by atoms with Crippen molar-refractivity contribution in [3.05, 3.63) is 12.3 Å². The number of hydrogen-bond donors (Lipinski definition) is 0. The molecule has 0 heterocycles. The fourth-order valence-corrected chi connectivity index (χ4v) is 0.465. The van der Waals surface area contributed by atoms with Gasteiger partial charge in [0.15, 0.2) is 0 Å². The van der Waals surface area contributed by atoms with Crippen LogP contribution in [0.25, 0.3) is 0 Å². The lowest BCUT2D eigenvalue weighted by Crippen LogP contribution is -2.22. The molecular formula is C8H15NO2. The van der Waals surface area contributed by atoms with Crippen molar-refractivity contribution in [3.63, 3.8) is 0 Å². The Morgan fingerprint density at radius 2 is 1.91 bits per heavy atom. The zero-order valence-electron chi connectivity index (χ0n) is 7.55. The number of likely N-dealkylation sites (N-methyl/N-ethyl adjacent to an activating group) is 1. The summed E-state index contributed by atoms with van der Waals surface area (Å²) < 4.78 is 4.89. The molecule has 0 bridgehead atoms. The van der Waals surface area contributed by atoms with Crippen LogP contribution in [0, 0.1) is 0 Å². The third-order valence-electron chi connectivity index (χ3n) is 1.12. The summed E-state index contributed by atoms with van der Waals surface area (Å²) in [5, 5.41) is 0. The van der Waals surface area contributed by atoms with Gasteiger partial charge in [-0.1, -0.05) is 6.58 Å². The Bertz CT molecular complexity index is 161. The van der Waals surface area contributed by atoms with Crippen LogP contribution in [-0.2, 0) is 9.53 Å². The van der Waals surface area contributed by atoms with Crippen LogP contribution in [0.15, 0.2) is 12.3 Å². The highest BCUT2D eigenvalue weighted by molar-refractivity contribution is 5.87. The number of ether oxygens (including phenoxy) is 1.